The summed E-state index contributed by atoms with van der Waals surface area (Å²) in [5.41, 5.74) is -1.20. The first-order valence-electron chi connectivity index (χ1n) is 7.96. The molecule has 1 aliphatic rings. The highest BCUT2D eigenvalue weighted by molar-refractivity contribution is 5.86. The lowest BCUT2D eigenvalue weighted by molar-refractivity contribution is -0.138. The molecule has 0 bridgehead atoms. The van der Waals surface area contributed by atoms with Gasteiger partial charge in [-0.25, -0.2) is 9.38 Å². The Labute approximate surface area is 142 Å². The van der Waals surface area contributed by atoms with Gasteiger partial charge < -0.3 is 16.0 Å². The van der Waals surface area contributed by atoms with Crippen molar-refractivity contribution in [2.24, 2.45) is 4.99 Å². The molecule has 0 aromatic heterocycles. The minimum absolute atomic E-state index is 0.0299. The van der Waals surface area contributed by atoms with E-state index in [-0.39, 0.29) is 36.6 Å². The van der Waals surface area contributed by atoms with Gasteiger partial charge in [-0.15, -0.1) is 0 Å². The molecule has 1 saturated carbocycles. The molecule has 5 nitrogen and oxygen atoms in total. The van der Waals surface area contributed by atoms with E-state index >= 15 is 0 Å². The minimum Gasteiger partial charge on any atom is -0.357 e. The second-order valence-electron chi connectivity index (χ2n) is 5.69. The van der Waals surface area contributed by atoms with Crippen LogP contribution in [0.4, 0.5) is 17.6 Å². The quantitative estimate of drug-likeness (QED) is 0.414. The molecule has 0 atom stereocenters. The predicted molar refractivity (Wildman–Crippen MR) is 85.4 cm³/mol. The Hall–Kier alpha value is -2.32. The number of guanidine groups is 1. The summed E-state index contributed by atoms with van der Waals surface area (Å²) < 4.78 is 52.1. The van der Waals surface area contributed by atoms with Gasteiger partial charge in [0.1, 0.15) is 5.82 Å². The smallest absolute Gasteiger partial charge is 0.357 e. The van der Waals surface area contributed by atoms with E-state index < -0.39 is 17.6 Å². The third-order valence-electron chi connectivity index (χ3n) is 3.49. The van der Waals surface area contributed by atoms with Crippen LogP contribution >= 0.6 is 0 Å². The molecule has 1 fully saturated rings. The van der Waals surface area contributed by atoms with Gasteiger partial charge in [0.2, 0.25) is 5.91 Å². The maximum Gasteiger partial charge on any atom is 0.416 e. The highest BCUT2D eigenvalue weighted by Crippen LogP contribution is 2.32. The first-order valence-corrected chi connectivity index (χ1v) is 7.96. The van der Waals surface area contributed by atoms with Crippen LogP contribution in [0.1, 0.15) is 30.9 Å². The topological polar surface area (TPSA) is 65.5 Å². The number of amides is 1. The van der Waals surface area contributed by atoms with Crippen LogP contribution in [0.2, 0.25) is 0 Å². The molecule has 0 heterocycles. The lowest BCUT2D eigenvalue weighted by Gasteiger charge is -2.14. The summed E-state index contributed by atoms with van der Waals surface area (Å²) in [7, 11) is 0. The summed E-state index contributed by atoms with van der Waals surface area (Å²) in [5, 5.41) is 8.40. The third-order valence-corrected chi connectivity index (χ3v) is 3.49. The molecular weight excluding hydrogens is 340 g/mol. The first-order chi connectivity index (χ1) is 11.8. The summed E-state index contributed by atoms with van der Waals surface area (Å²) in [6.07, 6.45) is -2.74. The fourth-order valence-corrected chi connectivity index (χ4v) is 2.13. The number of alkyl halides is 3. The minimum atomic E-state index is -4.66. The number of hydrogen-bond donors (Lipinski definition) is 3. The van der Waals surface area contributed by atoms with Gasteiger partial charge in [-0.3, -0.25) is 4.79 Å². The Balaban J connectivity index is 2.03. The normalized spacial score (nSPS) is 15.0. The van der Waals surface area contributed by atoms with Crippen molar-refractivity contribution in [2.45, 2.75) is 38.5 Å². The molecule has 1 aromatic rings. The van der Waals surface area contributed by atoms with Crippen molar-refractivity contribution in [3.63, 3.8) is 0 Å². The maximum atomic E-state index is 13.1. The van der Waals surface area contributed by atoms with Crippen LogP contribution in [0.15, 0.2) is 23.2 Å². The van der Waals surface area contributed by atoms with Gasteiger partial charge in [-0.2, -0.15) is 13.2 Å². The highest BCUT2D eigenvalue weighted by Gasteiger charge is 2.33. The molecular formula is C16H20F4N4O. The number of nitrogens with zero attached hydrogens (tertiary/aromatic N) is 1. The lowest BCUT2D eigenvalue weighted by Crippen LogP contribution is -2.43. The number of aliphatic imine (C=N–C) groups is 1. The van der Waals surface area contributed by atoms with Crippen molar-refractivity contribution in [3.8, 4) is 0 Å². The Bertz CT molecular complexity index is 642. The Morgan fingerprint density at radius 3 is 2.60 bits per heavy atom. The van der Waals surface area contributed by atoms with E-state index in [0.29, 0.717) is 12.6 Å². The number of carbonyl (C=O) groups excluding carboxylic acids is 1. The summed E-state index contributed by atoms with van der Waals surface area (Å²) in [6, 6.07) is 2.70. The average Bonchev–Trinajstić information content (AvgIpc) is 3.34. The lowest BCUT2D eigenvalue weighted by atomic mass is 10.1. The van der Waals surface area contributed by atoms with Gasteiger partial charge in [0.25, 0.3) is 0 Å². The van der Waals surface area contributed by atoms with Crippen molar-refractivity contribution < 1.29 is 22.4 Å². The second-order valence-corrected chi connectivity index (χ2v) is 5.69. The number of benzene rings is 1. The van der Waals surface area contributed by atoms with Crippen molar-refractivity contribution in [3.05, 3.63) is 35.1 Å². The maximum absolute atomic E-state index is 13.1. The molecule has 0 spiro atoms. The van der Waals surface area contributed by atoms with E-state index in [4.69, 9.17) is 0 Å². The van der Waals surface area contributed by atoms with Gasteiger partial charge in [0.15, 0.2) is 5.96 Å². The van der Waals surface area contributed by atoms with Gasteiger partial charge in [0.05, 0.1) is 18.7 Å². The highest BCUT2D eigenvalue weighted by atomic mass is 19.4. The molecule has 25 heavy (non-hydrogen) atoms. The van der Waals surface area contributed by atoms with Crippen LogP contribution in [-0.4, -0.2) is 31.0 Å². The summed E-state index contributed by atoms with van der Waals surface area (Å²) >= 11 is 0. The standard InChI is InChI=1S/C16H20F4N4O/c1-2-21-15(23-9-14(25)24-12-5-6-12)22-8-10-3-4-11(17)7-13(10)16(18,19)20/h3-4,7,12H,2,5-6,8-9H2,1H3,(H,24,25)(H2,21,22,23). The van der Waals surface area contributed by atoms with Gasteiger partial charge in [-0.1, -0.05) is 6.07 Å². The number of carbonyl (C=O) groups is 1. The van der Waals surface area contributed by atoms with Gasteiger partial charge in [0, 0.05) is 12.6 Å². The first kappa shape index (κ1) is 19.0. The summed E-state index contributed by atoms with van der Waals surface area (Å²) in [4.78, 5) is 15.7. The van der Waals surface area contributed by atoms with E-state index in [1.54, 1.807) is 6.92 Å². The zero-order valence-electron chi connectivity index (χ0n) is 13.7. The zero-order valence-corrected chi connectivity index (χ0v) is 13.7. The summed E-state index contributed by atoms with van der Waals surface area (Å²) in [5.74, 6) is -0.946. The van der Waals surface area contributed by atoms with Gasteiger partial charge in [-0.05, 0) is 37.5 Å². The van der Waals surface area contributed by atoms with E-state index in [9.17, 15) is 22.4 Å². The van der Waals surface area contributed by atoms with Crippen LogP contribution < -0.4 is 16.0 Å². The SMILES string of the molecule is CCNC(=NCc1ccc(F)cc1C(F)(F)F)NCC(=O)NC1CC1. The number of hydrogen-bond acceptors (Lipinski definition) is 2. The third kappa shape index (κ3) is 6.24. The fraction of sp³-hybridized carbons (Fsp3) is 0.500. The monoisotopic (exact) mass is 360 g/mol. The zero-order chi connectivity index (χ0) is 18.4. The number of rotatable bonds is 6. The second kappa shape index (κ2) is 8.17. The van der Waals surface area contributed by atoms with Crippen molar-refractivity contribution >= 4 is 11.9 Å². The molecule has 0 unspecified atom stereocenters. The predicted octanol–water partition coefficient (Wildman–Crippen LogP) is 2.18. The molecule has 1 aliphatic carbocycles. The molecule has 3 N–H and O–H groups in total. The number of nitrogens with one attached hydrogen (secondary N) is 3. The van der Waals surface area contributed by atoms with Gasteiger partial charge >= 0.3 is 6.18 Å². The molecule has 2 rings (SSSR count). The van der Waals surface area contributed by atoms with E-state index in [0.717, 1.165) is 25.0 Å². The van der Waals surface area contributed by atoms with Crippen molar-refractivity contribution in [1.29, 1.82) is 0 Å². The number of halogens is 4. The van der Waals surface area contributed by atoms with Crippen LogP contribution in [-0.2, 0) is 17.5 Å². The van der Waals surface area contributed by atoms with E-state index in [1.807, 2.05) is 0 Å². The molecule has 138 valence electrons. The van der Waals surface area contributed by atoms with Crippen molar-refractivity contribution in [1.82, 2.24) is 16.0 Å². The van der Waals surface area contributed by atoms with Crippen LogP contribution in [0.3, 0.4) is 0 Å². The Kier molecular flexibility index (Phi) is 6.22. The van der Waals surface area contributed by atoms with Crippen LogP contribution in [0.5, 0.6) is 0 Å². The van der Waals surface area contributed by atoms with E-state index in [2.05, 4.69) is 20.9 Å². The summed E-state index contributed by atoms with van der Waals surface area (Å²) in [6.45, 7) is 1.94. The largest absolute Gasteiger partial charge is 0.416 e. The van der Waals surface area contributed by atoms with E-state index in [1.165, 1.54) is 0 Å². The molecule has 9 heteroatoms. The molecule has 0 aliphatic heterocycles. The molecule has 0 radical (unpaired) electrons. The fourth-order valence-electron chi connectivity index (χ4n) is 2.13. The van der Waals surface area contributed by atoms with Crippen molar-refractivity contribution in [2.75, 3.05) is 13.1 Å². The molecule has 1 aromatic carbocycles. The Morgan fingerprint density at radius 2 is 2.00 bits per heavy atom. The van der Waals surface area contributed by atoms with Crippen LogP contribution in [0, 0.1) is 5.82 Å². The molecule has 1 amide bonds. The van der Waals surface area contributed by atoms with Crippen LogP contribution in [0.25, 0.3) is 0 Å². The average molecular weight is 360 g/mol. The molecule has 0 saturated heterocycles. The Morgan fingerprint density at radius 1 is 1.28 bits per heavy atom.